The van der Waals surface area contributed by atoms with E-state index < -0.39 is 0 Å². The predicted molar refractivity (Wildman–Crippen MR) is 113 cm³/mol. The molecule has 0 amide bonds. The summed E-state index contributed by atoms with van der Waals surface area (Å²) in [7, 11) is 1.66. The van der Waals surface area contributed by atoms with Crippen LogP contribution in [0.1, 0.15) is 0 Å². The monoisotopic (exact) mass is 391 g/mol. The Bertz CT molecular complexity index is 929. The van der Waals surface area contributed by atoms with Crippen LogP contribution in [0, 0.1) is 0 Å². The molecule has 0 unspecified atom stereocenters. The largest absolute Gasteiger partial charge is 0.493 e. The number of ether oxygens (including phenoxy) is 4. The van der Waals surface area contributed by atoms with Gasteiger partial charge in [0.05, 0.1) is 7.11 Å². The minimum atomic E-state index is -0.0176. The van der Waals surface area contributed by atoms with Crippen molar-refractivity contribution in [3.8, 4) is 34.1 Å². The van der Waals surface area contributed by atoms with Gasteiger partial charge in [-0.2, -0.15) is 0 Å². The molecule has 0 aromatic heterocycles. The van der Waals surface area contributed by atoms with E-state index in [4.69, 9.17) is 18.9 Å². The summed E-state index contributed by atoms with van der Waals surface area (Å²) in [5, 5.41) is 3.38. The maximum atomic E-state index is 6.10. The average Bonchev–Trinajstić information content (AvgIpc) is 2.79. The van der Waals surface area contributed by atoms with Crippen molar-refractivity contribution >= 4 is 0 Å². The van der Waals surface area contributed by atoms with Crippen LogP contribution in [0.3, 0.4) is 0 Å². The number of nitrogens with one attached hydrogen (secondary N) is 1. The van der Waals surface area contributed by atoms with E-state index in [1.807, 2.05) is 60.7 Å². The lowest BCUT2D eigenvalue weighted by atomic mass is 10.0. The van der Waals surface area contributed by atoms with Crippen molar-refractivity contribution in [1.82, 2.24) is 5.32 Å². The Balaban J connectivity index is 1.31. The summed E-state index contributed by atoms with van der Waals surface area (Å²) in [5.74, 6) is 3.08. The summed E-state index contributed by atoms with van der Waals surface area (Å²) in [6.45, 7) is 2.43. The number of hydrogen-bond acceptors (Lipinski definition) is 5. The molecule has 1 aliphatic heterocycles. The SMILES string of the molecule is COc1cccc(-c2ccccc2)c1OCCNC[C@H]1COc2ccccc2O1. The van der Waals surface area contributed by atoms with Crippen LogP contribution in [-0.4, -0.2) is 39.5 Å². The molecule has 1 aliphatic rings. The summed E-state index contributed by atoms with van der Waals surface area (Å²) in [5.41, 5.74) is 2.12. The van der Waals surface area contributed by atoms with Gasteiger partial charge in [0.1, 0.15) is 19.3 Å². The van der Waals surface area contributed by atoms with Crippen molar-refractivity contribution in [2.75, 3.05) is 33.4 Å². The van der Waals surface area contributed by atoms with E-state index in [9.17, 15) is 0 Å². The molecule has 0 saturated carbocycles. The number of benzene rings is 3. The van der Waals surface area contributed by atoms with Crippen molar-refractivity contribution in [1.29, 1.82) is 0 Å². The van der Waals surface area contributed by atoms with Crippen LogP contribution in [0.4, 0.5) is 0 Å². The van der Waals surface area contributed by atoms with Crippen LogP contribution in [-0.2, 0) is 0 Å². The van der Waals surface area contributed by atoms with Gasteiger partial charge in [0.15, 0.2) is 23.0 Å². The third-order valence-corrected chi connectivity index (χ3v) is 4.75. The van der Waals surface area contributed by atoms with Crippen molar-refractivity contribution in [3.05, 3.63) is 72.8 Å². The molecule has 0 aliphatic carbocycles. The lowest BCUT2D eigenvalue weighted by Crippen LogP contribution is -2.39. The average molecular weight is 391 g/mol. The predicted octanol–water partition coefficient (Wildman–Crippen LogP) is 4.17. The molecule has 1 N–H and O–H groups in total. The molecule has 0 bridgehead atoms. The lowest BCUT2D eigenvalue weighted by Gasteiger charge is -2.26. The highest BCUT2D eigenvalue weighted by Gasteiger charge is 2.20. The summed E-state index contributed by atoms with van der Waals surface area (Å²) in [4.78, 5) is 0. The number of hydrogen-bond donors (Lipinski definition) is 1. The van der Waals surface area contributed by atoms with E-state index in [1.165, 1.54) is 0 Å². The normalized spacial score (nSPS) is 15.0. The zero-order chi connectivity index (χ0) is 19.9. The van der Waals surface area contributed by atoms with Crippen LogP contribution in [0.2, 0.25) is 0 Å². The van der Waals surface area contributed by atoms with Crippen molar-refractivity contribution in [2.24, 2.45) is 0 Å². The molecule has 150 valence electrons. The third-order valence-electron chi connectivity index (χ3n) is 4.75. The van der Waals surface area contributed by atoms with E-state index in [0.717, 1.165) is 34.1 Å². The molecule has 4 rings (SSSR count). The van der Waals surface area contributed by atoms with E-state index >= 15 is 0 Å². The van der Waals surface area contributed by atoms with E-state index in [1.54, 1.807) is 7.11 Å². The summed E-state index contributed by atoms with van der Waals surface area (Å²) in [6.07, 6.45) is -0.0176. The van der Waals surface area contributed by atoms with E-state index in [0.29, 0.717) is 26.3 Å². The molecular weight excluding hydrogens is 366 g/mol. The topological polar surface area (TPSA) is 49.0 Å². The van der Waals surface area contributed by atoms with Gasteiger partial charge >= 0.3 is 0 Å². The molecule has 0 fully saturated rings. The van der Waals surface area contributed by atoms with Crippen molar-refractivity contribution < 1.29 is 18.9 Å². The first-order valence-corrected chi connectivity index (χ1v) is 9.79. The van der Waals surface area contributed by atoms with Crippen LogP contribution < -0.4 is 24.3 Å². The number of fused-ring (bicyclic) bond motifs is 1. The number of rotatable bonds is 8. The van der Waals surface area contributed by atoms with Gasteiger partial charge in [-0.3, -0.25) is 0 Å². The molecule has 3 aromatic rings. The zero-order valence-electron chi connectivity index (χ0n) is 16.5. The van der Waals surface area contributed by atoms with Crippen LogP contribution >= 0.6 is 0 Å². The van der Waals surface area contributed by atoms with Crippen LogP contribution in [0.15, 0.2) is 72.8 Å². The number of methoxy groups -OCH3 is 1. The molecule has 1 heterocycles. The fourth-order valence-electron chi connectivity index (χ4n) is 3.32. The molecule has 5 nitrogen and oxygen atoms in total. The van der Waals surface area contributed by atoms with Gasteiger partial charge in [-0.15, -0.1) is 0 Å². The first-order valence-electron chi connectivity index (χ1n) is 9.79. The van der Waals surface area contributed by atoms with Crippen molar-refractivity contribution in [2.45, 2.75) is 6.10 Å². The fourth-order valence-corrected chi connectivity index (χ4v) is 3.32. The second kappa shape index (κ2) is 9.34. The Morgan fingerprint density at radius 3 is 2.55 bits per heavy atom. The fraction of sp³-hybridized carbons (Fsp3) is 0.250. The highest BCUT2D eigenvalue weighted by atomic mass is 16.6. The highest BCUT2D eigenvalue weighted by Crippen LogP contribution is 2.37. The Kier molecular flexibility index (Phi) is 6.17. The Morgan fingerprint density at radius 1 is 0.931 bits per heavy atom. The smallest absolute Gasteiger partial charge is 0.169 e. The molecular formula is C24H25NO4. The maximum Gasteiger partial charge on any atom is 0.169 e. The van der Waals surface area contributed by atoms with Gasteiger partial charge in [-0.1, -0.05) is 54.6 Å². The molecule has 0 saturated heterocycles. The molecule has 0 spiro atoms. The standard InChI is InChI=1S/C24H25NO4/c1-26-23-13-7-10-20(18-8-3-2-4-9-18)24(23)27-15-14-25-16-19-17-28-21-11-5-6-12-22(21)29-19/h2-13,19,25H,14-17H2,1H3/t19-/m0/s1. The Hall–Kier alpha value is -3.18. The molecule has 1 atom stereocenters. The lowest BCUT2D eigenvalue weighted by molar-refractivity contribution is 0.0897. The summed E-state index contributed by atoms with van der Waals surface area (Å²) >= 11 is 0. The molecule has 0 radical (unpaired) electrons. The molecule has 5 heteroatoms. The minimum Gasteiger partial charge on any atom is -0.493 e. The van der Waals surface area contributed by atoms with Gasteiger partial charge in [-0.05, 0) is 23.8 Å². The molecule has 3 aromatic carbocycles. The zero-order valence-corrected chi connectivity index (χ0v) is 16.5. The van der Waals surface area contributed by atoms with Crippen molar-refractivity contribution in [3.63, 3.8) is 0 Å². The first-order chi connectivity index (χ1) is 14.3. The van der Waals surface area contributed by atoms with Crippen LogP contribution in [0.25, 0.3) is 11.1 Å². The van der Waals surface area contributed by atoms with Gasteiger partial charge < -0.3 is 24.3 Å². The second-order valence-corrected chi connectivity index (χ2v) is 6.75. The van der Waals surface area contributed by atoms with Gasteiger partial charge in [0.25, 0.3) is 0 Å². The summed E-state index contributed by atoms with van der Waals surface area (Å²) in [6, 6.07) is 23.9. The maximum absolute atomic E-state index is 6.10. The van der Waals surface area contributed by atoms with Gasteiger partial charge in [0, 0.05) is 18.7 Å². The Morgan fingerprint density at radius 2 is 1.72 bits per heavy atom. The molecule has 29 heavy (non-hydrogen) atoms. The second-order valence-electron chi connectivity index (χ2n) is 6.75. The highest BCUT2D eigenvalue weighted by molar-refractivity contribution is 5.73. The Labute approximate surface area is 171 Å². The summed E-state index contributed by atoms with van der Waals surface area (Å²) < 4.78 is 23.3. The number of para-hydroxylation sites is 3. The quantitative estimate of drug-likeness (QED) is 0.584. The van der Waals surface area contributed by atoms with Gasteiger partial charge in [-0.25, -0.2) is 0 Å². The van der Waals surface area contributed by atoms with E-state index in [-0.39, 0.29) is 6.10 Å². The minimum absolute atomic E-state index is 0.0176. The van der Waals surface area contributed by atoms with E-state index in [2.05, 4.69) is 17.4 Å². The van der Waals surface area contributed by atoms with Crippen LogP contribution in [0.5, 0.6) is 23.0 Å². The first kappa shape index (κ1) is 19.2. The third kappa shape index (κ3) is 4.63. The van der Waals surface area contributed by atoms with Gasteiger partial charge in [0.2, 0.25) is 0 Å².